The first-order valence-corrected chi connectivity index (χ1v) is 6.89. The molecule has 0 bridgehead atoms. The zero-order valence-corrected chi connectivity index (χ0v) is 9.72. The summed E-state index contributed by atoms with van der Waals surface area (Å²) >= 11 is 0. The van der Waals surface area contributed by atoms with Gasteiger partial charge in [-0.2, -0.15) is 0 Å². The number of hydrogen-bond acceptors (Lipinski definition) is 3. The molecule has 14 heavy (non-hydrogen) atoms. The summed E-state index contributed by atoms with van der Waals surface area (Å²) in [5.41, 5.74) is 5.57. The van der Waals surface area contributed by atoms with Crippen molar-refractivity contribution in [1.82, 2.24) is 0 Å². The third kappa shape index (κ3) is 5.08. The fourth-order valence-electron chi connectivity index (χ4n) is 1.72. The molecule has 1 rings (SSSR count). The second-order valence-corrected chi connectivity index (χ2v) is 5.69. The fourth-order valence-corrected chi connectivity index (χ4v) is 2.96. The van der Waals surface area contributed by atoms with Crippen molar-refractivity contribution in [2.75, 3.05) is 18.1 Å². The number of nitrogens with two attached hydrogens (primary N) is 1. The molecule has 1 fully saturated rings. The van der Waals surface area contributed by atoms with Crippen LogP contribution >= 0.6 is 0 Å². The molecule has 0 amide bonds. The Morgan fingerprint density at radius 3 is 3.00 bits per heavy atom. The summed E-state index contributed by atoms with van der Waals surface area (Å²) in [4.78, 5) is 0. The molecule has 0 aromatic heterocycles. The molecular formula is C10H21NO2S. The fraction of sp³-hybridized carbons (Fsp3) is 1.00. The molecule has 1 aliphatic heterocycles. The van der Waals surface area contributed by atoms with Crippen LogP contribution in [0.1, 0.15) is 32.6 Å². The van der Waals surface area contributed by atoms with Crippen LogP contribution in [0.3, 0.4) is 0 Å². The van der Waals surface area contributed by atoms with E-state index in [0.29, 0.717) is 11.9 Å². The molecule has 0 aromatic rings. The molecule has 0 spiro atoms. The molecule has 3 nitrogen and oxygen atoms in total. The average Bonchev–Trinajstić information content (AvgIpc) is 2.55. The molecule has 3 atom stereocenters. The number of ether oxygens (including phenoxy) is 1. The van der Waals surface area contributed by atoms with E-state index in [-0.39, 0.29) is 6.04 Å². The summed E-state index contributed by atoms with van der Waals surface area (Å²) in [6.45, 7) is 2.81. The average molecular weight is 219 g/mol. The predicted octanol–water partition coefficient (Wildman–Crippen LogP) is 1.04. The van der Waals surface area contributed by atoms with Gasteiger partial charge in [0, 0.05) is 35.0 Å². The van der Waals surface area contributed by atoms with E-state index in [1.165, 1.54) is 12.8 Å². The molecule has 2 N–H and O–H groups in total. The molecular weight excluding hydrogens is 198 g/mol. The molecule has 0 aliphatic carbocycles. The highest BCUT2D eigenvalue weighted by molar-refractivity contribution is 7.85. The van der Waals surface area contributed by atoms with E-state index < -0.39 is 10.8 Å². The Kier molecular flexibility index (Phi) is 5.67. The second-order valence-electron chi connectivity index (χ2n) is 4.07. The van der Waals surface area contributed by atoms with Gasteiger partial charge in [-0.05, 0) is 32.6 Å². The maximum absolute atomic E-state index is 11.4. The number of rotatable bonds is 6. The van der Waals surface area contributed by atoms with E-state index in [1.54, 1.807) is 0 Å². The Bertz CT molecular complexity index is 179. The van der Waals surface area contributed by atoms with Gasteiger partial charge in [-0.25, -0.2) is 0 Å². The minimum atomic E-state index is -0.731. The highest BCUT2D eigenvalue weighted by Gasteiger charge is 2.15. The highest BCUT2D eigenvalue weighted by Crippen LogP contribution is 2.16. The van der Waals surface area contributed by atoms with Gasteiger partial charge in [-0.1, -0.05) is 0 Å². The van der Waals surface area contributed by atoms with Crippen molar-refractivity contribution in [2.24, 2.45) is 5.73 Å². The van der Waals surface area contributed by atoms with Crippen molar-refractivity contribution >= 4 is 10.8 Å². The van der Waals surface area contributed by atoms with Crippen molar-refractivity contribution in [2.45, 2.75) is 44.8 Å². The lowest BCUT2D eigenvalue weighted by Gasteiger charge is -2.09. The van der Waals surface area contributed by atoms with Crippen molar-refractivity contribution in [3.8, 4) is 0 Å². The van der Waals surface area contributed by atoms with Gasteiger partial charge in [0.1, 0.15) is 0 Å². The standard InChI is InChI=1S/C10H21NO2S/c1-9(11)8-14(12)7-3-5-10-4-2-6-13-10/h9-10H,2-8,11H2,1H3. The summed E-state index contributed by atoms with van der Waals surface area (Å²) < 4.78 is 16.9. The predicted molar refractivity (Wildman–Crippen MR) is 59.7 cm³/mol. The lowest BCUT2D eigenvalue weighted by atomic mass is 10.1. The van der Waals surface area contributed by atoms with E-state index in [2.05, 4.69) is 0 Å². The topological polar surface area (TPSA) is 52.3 Å². The van der Waals surface area contributed by atoms with E-state index in [1.807, 2.05) is 6.92 Å². The van der Waals surface area contributed by atoms with Crippen LogP contribution in [0.25, 0.3) is 0 Å². The lowest BCUT2D eigenvalue weighted by molar-refractivity contribution is 0.104. The van der Waals surface area contributed by atoms with Crippen molar-refractivity contribution < 1.29 is 8.95 Å². The smallest absolute Gasteiger partial charge is 0.0576 e. The second kappa shape index (κ2) is 6.53. The first-order valence-electron chi connectivity index (χ1n) is 5.40. The minimum Gasteiger partial charge on any atom is -0.378 e. The van der Waals surface area contributed by atoms with Crippen LogP contribution in [0.5, 0.6) is 0 Å². The molecule has 0 radical (unpaired) electrons. The van der Waals surface area contributed by atoms with Gasteiger partial charge in [0.05, 0.1) is 6.10 Å². The van der Waals surface area contributed by atoms with Crippen LogP contribution in [-0.4, -0.2) is 34.5 Å². The molecule has 0 aromatic carbocycles. The van der Waals surface area contributed by atoms with E-state index in [4.69, 9.17) is 10.5 Å². The molecule has 0 saturated carbocycles. The van der Waals surface area contributed by atoms with Crippen LogP contribution < -0.4 is 5.73 Å². The molecule has 4 heteroatoms. The van der Waals surface area contributed by atoms with Crippen LogP contribution in [0.4, 0.5) is 0 Å². The Hall–Kier alpha value is 0.0700. The number of hydrogen-bond donors (Lipinski definition) is 1. The Labute approximate surface area is 88.8 Å². The summed E-state index contributed by atoms with van der Waals surface area (Å²) in [7, 11) is -0.731. The minimum absolute atomic E-state index is 0.0542. The Morgan fingerprint density at radius 2 is 2.43 bits per heavy atom. The maximum Gasteiger partial charge on any atom is 0.0576 e. The van der Waals surface area contributed by atoms with Crippen LogP contribution in [0, 0.1) is 0 Å². The van der Waals surface area contributed by atoms with Gasteiger partial charge in [0.15, 0.2) is 0 Å². The van der Waals surface area contributed by atoms with Crippen LogP contribution in [-0.2, 0) is 15.5 Å². The molecule has 84 valence electrons. The van der Waals surface area contributed by atoms with Gasteiger partial charge in [-0.3, -0.25) is 4.21 Å². The quantitative estimate of drug-likeness (QED) is 0.726. The van der Waals surface area contributed by atoms with Crippen molar-refractivity contribution in [1.29, 1.82) is 0 Å². The highest BCUT2D eigenvalue weighted by atomic mass is 32.2. The van der Waals surface area contributed by atoms with Crippen molar-refractivity contribution in [3.05, 3.63) is 0 Å². The Balaban J connectivity index is 1.99. The van der Waals surface area contributed by atoms with Gasteiger partial charge in [0.2, 0.25) is 0 Å². The summed E-state index contributed by atoms with van der Waals surface area (Å²) in [6, 6.07) is 0.0542. The molecule has 1 heterocycles. The first kappa shape index (κ1) is 12.1. The summed E-state index contributed by atoms with van der Waals surface area (Å²) in [5, 5.41) is 0. The third-order valence-electron chi connectivity index (χ3n) is 2.37. The SMILES string of the molecule is CC(N)CS(=O)CCCC1CCCO1. The van der Waals surface area contributed by atoms with E-state index in [0.717, 1.165) is 25.2 Å². The molecule has 3 unspecified atom stereocenters. The van der Waals surface area contributed by atoms with Gasteiger partial charge in [-0.15, -0.1) is 0 Å². The van der Waals surface area contributed by atoms with Crippen LogP contribution in [0.15, 0.2) is 0 Å². The van der Waals surface area contributed by atoms with Gasteiger partial charge < -0.3 is 10.5 Å². The molecule has 1 saturated heterocycles. The summed E-state index contributed by atoms with van der Waals surface area (Å²) in [5.74, 6) is 1.41. The largest absolute Gasteiger partial charge is 0.378 e. The normalized spacial score (nSPS) is 26.3. The van der Waals surface area contributed by atoms with Crippen LogP contribution in [0.2, 0.25) is 0 Å². The Morgan fingerprint density at radius 1 is 1.64 bits per heavy atom. The van der Waals surface area contributed by atoms with Gasteiger partial charge >= 0.3 is 0 Å². The molecule has 1 aliphatic rings. The zero-order chi connectivity index (χ0) is 10.4. The monoisotopic (exact) mass is 219 g/mol. The maximum atomic E-state index is 11.4. The van der Waals surface area contributed by atoms with E-state index >= 15 is 0 Å². The lowest BCUT2D eigenvalue weighted by Crippen LogP contribution is -2.24. The van der Waals surface area contributed by atoms with E-state index in [9.17, 15) is 4.21 Å². The van der Waals surface area contributed by atoms with Gasteiger partial charge in [0.25, 0.3) is 0 Å². The first-order chi connectivity index (χ1) is 6.68. The van der Waals surface area contributed by atoms with Crippen molar-refractivity contribution in [3.63, 3.8) is 0 Å². The third-order valence-corrected chi connectivity index (χ3v) is 4.01. The summed E-state index contributed by atoms with van der Waals surface area (Å²) in [6.07, 6.45) is 4.87. The zero-order valence-electron chi connectivity index (χ0n) is 8.91.